The predicted molar refractivity (Wildman–Crippen MR) is 117 cm³/mol. The fraction of sp³-hybridized carbons (Fsp3) is 0.120. The highest BCUT2D eigenvalue weighted by Crippen LogP contribution is 2.34. The molecule has 1 unspecified atom stereocenters. The second-order valence-corrected chi connectivity index (χ2v) is 7.59. The number of benzene rings is 3. The third kappa shape index (κ3) is 3.68. The lowest BCUT2D eigenvalue weighted by Gasteiger charge is -2.22. The van der Waals surface area contributed by atoms with Gasteiger partial charge in [-0.1, -0.05) is 42.0 Å². The molecule has 0 fully saturated rings. The van der Waals surface area contributed by atoms with E-state index in [9.17, 15) is 9.18 Å². The van der Waals surface area contributed by atoms with E-state index >= 15 is 0 Å². The summed E-state index contributed by atoms with van der Waals surface area (Å²) >= 11 is 0. The molecule has 3 aromatic carbocycles. The Morgan fingerprint density at radius 3 is 2.39 bits per heavy atom. The third-order valence-electron chi connectivity index (χ3n) is 5.47. The Morgan fingerprint density at radius 1 is 0.935 bits per heavy atom. The highest BCUT2D eigenvalue weighted by atomic mass is 19.1. The lowest BCUT2D eigenvalue weighted by atomic mass is 9.97. The van der Waals surface area contributed by atoms with Gasteiger partial charge in [0, 0.05) is 24.4 Å². The van der Waals surface area contributed by atoms with Crippen LogP contribution in [0.2, 0.25) is 0 Å². The summed E-state index contributed by atoms with van der Waals surface area (Å²) in [4.78, 5) is 22.1. The summed E-state index contributed by atoms with van der Waals surface area (Å²) in [6, 6.07) is 19.3. The van der Waals surface area contributed by atoms with Gasteiger partial charge in [-0.2, -0.15) is 5.10 Å². The summed E-state index contributed by atoms with van der Waals surface area (Å²) < 4.78 is 13.4. The average molecular weight is 410 g/mol. The van der Waals surface area contributed by atoms with Gasteiger partial charge >= 0.3 is 0 Å². The molecule has 1 atom stereocenters. The van der Waals surface area contributed by atoms with Crippen molar-refractivity contribution in [2.75, 3.05) is 0 Å². The van der Waals surface area contributed by atoms with E-state index in [1.165, 1.54) is 17.1 Å². The highest BCUT2D eigenvalue weighted by molar-refractivity contribution is 6.05. The van der Waals surface area contributed by atoms with E-state index in [0.29, 0.717) is 17.5 Å². The Kier molecular flexibility index (Phi) is 4.75. The second-order valence-electron chi connectivity index (χ2n) is 7.59. The largest absolute Gasteiger partial charge is 0.274 e. The Hall–Kier alpha value is -3.93. The van der Waals surface area contributed by atoms with E-state index in [-0.39, 0.29) is 17.8 Å². The van der Waals surface area contributed by atoms with Crippen molar-refractivity contribution >= 4 is 22.7 Å². The van der Waals surface area contributed by atoms with Gasteiger partial charge in [-0.05, 0) is 48.4 Å². The normalized spacial score (nSPS) is 15.9. The van der Waals surface area contributed by atoms with Crippen molar-refractivity contribution in [1.29, 1.82) is 0 Å². The first-order valence-corrected chi connectivity index (χ1v) is 10.0. The van der Waals surface area contributed by atoms with E-state index in [1.54, 1.807) is 42.7 Å². The van der Waals surface area contributed by atoms with Crippen molar-refractivity contribution in [2.24, 2.45) is 5.10 Å². The van der Waals surface area contributed by atoms with E-state index in [0.717, 1.165) is 27.9 Å². The Balaban J connectivity index is 1.55. The minimum Gasteiger partial charge on any atom is -0.267 e. The van der Waals surface area contributed by atoms with Crippen LogP contribution in [0.5, 0.6) is 0 Å². The molecule has 1 aliphatic heterocycles. The number of aromatic nitrogens is 2. The zero-order valence-electron chi connectivity index (χ0n) is 16.9. The van der Waals surface area contributed by atoms with E-state index in [1.807, 2.05) is 31.2 Å². The molecular weight excluding hydrogens is 391 g/mol. The first-order valence-electron chi connectivity index (χ1n) is 10.0. The zero-order valence-corrected chi connectivity index (χ0v) is 16.9. The summed E-state index contributed by atoms with van der Waals surface area (Å²) in [6.45, 7) is 2.03. The molecule has 1 aliphatic rings. The Morgan fingerprint density at radius 2 is 1.65 bits per heavy atom. The minimum atomic E-state index is -0.303. The lowest BCUT2D eigenvalue weighted by Crippen LogP contribution is -2.27. The van der Waals surface area contributed by atoms with Crippen LogP contribution in [0.3, 0.4) is 0 Å². The van der Waals surface area contributed by atoms with Crippen molar-refractivity contribution in [3.05, 3.63) is 107 Å². The van der Waals surface area contributed by atoms with Gasteiger partial charge < -0.3 is 0 Å². The van der Waals surface area contributed by atoms with Gasteiger partial charge in [0.25, 0.3) is 5.91 Å². The highest BCUT2D eigenvalue weighted by Gasteiger charge is 2.33. The molecule has 31 heavy (non-hydrogen) atoms. The molecule has 152 valence electrons. The number of aryl methyl sites for hydroxylation is 1. The van der Waals surface area contributed by atoms with E-state index in [2.05, 4.69) is 15.1 Å². The van der Waals surface area contributed by atoms with Crippen LogP contribution >= 0.6 is 0 Å². The number of nitrogens with zero attached hydrogens (tertiary/aromatic N) is 4. The molecule has 0 N–H and O–H groups in total. The van der Waals surface area contributed by atoms with Crippen molar-refractivity contribution in [3.63, 3.8) is 0 Å². The van der Waals surface area contributed by atoms with Gasteiger partial charge in [0.05, 0.1) is 22.8 Å². The summed E-state index contributed by atoms with van der Waals surface area (Å²) in [5, 5.41) is 6.20. The first-order chi connectivity index (χ1) is 15.1. The summed E-state index contributed by atoms with van der Waals surface area (Å²) in [7, 11) is 0. The number of carbonyl (C=O) groups excluding carboxylic acids is 1. The van der Waals surface area contributed by atoms with Crippen molar-refractivity contribution in [1.82, 2.24) is 15.0 Å². The fourth-order valence-electron chi connectivity index (χ4n) is 3.79. The van der Waals surface area contributed by atoms with Crippen LogP contribution in [0.4, 0.5) is 4.39 Å². The number of hydrogen-bond donors (Lipinski definition) is 0. The molecule has 5 rings (SSSR count). The summed E-state index contributed by atoms with van der Waals surface area (Å²) in [6.07, 6.45) is 3.77. The van der Waals surface area contributed by atoms with E-state index < -0.39 is 0 Å². The standard InChI is InChI=1S/C25H19FN4O/c1-16-2-4-18(5-3-16)24-15-22(17-6-9-20(26)10-7-17)29-30(24)25(31)19-8-11-21-23(14-19)28-13-12-27-21/h2-14,24H,15H2,1H3. The van der Waals surface area contributed by atoms with Crippen molar-refractivity contribution in [3.8, 4) is 0 Å². The van der Waals surface area contributed by atoms with Gasteiger partial charge in [-0.25, -0.2) is 9.40 Å². The van der Waals surface area contributed by atoms with Gasteiger partial charge in [0.15, 0.2) is 0 Å². The number of amides is 1. The molecule has 1 amide bonds. The maximum absolute atomic E-state index is 13.5. The molecule has 0 bridgehead atoms. The zero-order chi connectivity index (χ0) is 21.4. The Labute approximate surface area is 178 Å². The minimum absolute atomic E-state index is 0.213. The molecule has 0 radical (unpaired) electrons. The summed E-state index contributed by atoms with van der Waals surface area (Å²) in [5.41, 5.74) is 5.58. The topological polar surface area (TPSA) is 58.5 Å². The number of hydrazone groups is 1. The Bertz CT molecular complexity index is 1300. The number of rotatable bonds is 3. The number of carbonyl (C=O) groups is 1. The SMILES string of the molecule is Cc1ccc(C2CC(c3ccc(F)cc3)=NN2C(=O)c2ccc3nccnc3c2)cc1. The molecule has 5 nitrogen and oxygen atoms in total. The molecule has 1 aromatic heterocycles. The second kappa shape index (κ2) is 7.72. The summed E-state index contributed by atoms with van der Waals surface area (Å²) in [5.74, 6) is -0.516. The maximum Gasteiger partial charge on any atom is 0.274 e. The molecule has 0 aliphatic carbocycles. The predicted octanol–water partition coefficient (Wildman–Crippen LogP) is 5.07. The fourth-order valence-corrected chi connectivity index (χ4v) is 3.79. The average Bonchev–Trinajstić information content (AvgIpc) is 3.24. The third-order valence-corrected chi connectivity index (χ3v) is 5.47. The van der Waals surface area contributed by atoms with E-state index in [4.69, 9.17) is 0 Å². The van der Waals surface area contributed by atoms with Crippen LogP contribution < -0.4 is 0 Å². The maximum atomic E-state index is 13.5. The number of hydrogen-bond acceptors (Lipinski definition) is 4. The van der Waals surface area contributed by atoms with Crippen LogP contribution in [-0.2, 0) is 0 Å². The van der Waals surface area contributed by atoms with Gasteiger partial charge in [0.2, 0.25) is 0 Å². The van der Waals surface area contributed by atoms with Crippen molar-refractivity contribution < 1.29 is 9.18 Å². The number of fused-ring (bicyclic) bond motifs is 1. The monoisotopic (exact) mass is 410 g/mol. The molecule has 0 saturated carbocycles. The van der Waals surface area contributed by atoms with Gasteiger partial charge in [0.1, 0.15) is 5.82 Å². The van der Waals surface area contributed by atoms with Crippen LogP contribution in [0.1, 0.15) is 39.5 Å². The molecule has 0 saturated heterocycles. The number of halogens is 1. The molecule has 0 spiro atoms. The van der Waals surface area contributed by atoms with Crippen LogP contribution in [0, 0.1) is 12.7 Å². The molecule has 4 aromatic rings. The van der Waals surface area contributed by atoms with Crippen LogP contribution in [0.15, 0.2) is 84.2 Å². The molecule has 6 heteroatoms. The smallest absolute Gasteiger partial charge is 0.267 e. The molecular formula is C25H19FN4O. The van der Waals surface area contributed by atoms with Gasteiger partial charge in [-0.3, -0.25) is 14.8 Å². The van der Waals surface area contributed by atoms with Crippen molar-refractivity contribution in [2.45, 2.75) is 19.4 Å². The van der Waals surface area contributed by atoms with Gasteiger partial charge in [-0.15, -0.1) is 0 Å². The first kappa shape index (κ1) is 19.1. The lowest BCUT2D eigenvalue weighted by molar-refractivity contribution is 0.0711. The quantitative estimate of drug-likeness (QED) is 0.474. The van der Waals surface area contributed by atoms with Crippen LogP contribution in [0.25, 0.3) is 11.0 Å². The van der Waals surface area contributed by atoms with Crippen LogP contribution in [-0.4, -0.2) is 26.6 Å². The molecule has 2 heterocycles.